The molecule has 0 N–H and O–H groups in total. The molecule has 0 atom stereocenters. The van der Waals surface area contributed by atoms with Crippen molar-refractivity contribution in [2.75, 3.05) is 11.5 Å². The predicted octanol–water partition coefficient (Wildman–Crippen LogP) is 3.11. The molecule has 0 fully saturated rings. The van der Waals surface area contributed by atoms with Crippen molar-refractivity contribution in [2.45, 2.75) is 39.5 Å². The van der Waals surface area contributed by atoms with E-state index in [9.17, 15) is 8.42 Å². The highest BCUT2D eigenvalue weighted by atomic mass is 32.2. The van der Waals surface area contributed by atoms with Gasteiger partial charge in [-0.15, -0.1) is 0 Å². The van der Waals surface area contributed by atoms with Crippen LogP contribution in [-0.4, -0.2) is 19.9 Å². The van der Waals surface area contributed by atoms with Crippen molar-refractivity contribution in [2.24, 2.45) is 0 Å². The summed E-state index contributed by atoms with van der Waals surface area (Å²) in [4.78, 5) is 0. The Morgan fingerprint density at radius 2 is 1.20 bits per heavy atom. The van der Waals surface area contributed by atoms with Gasteiger partial charge in [0, 0.05) is 0 Å². The second-order valence-corrected chi connectivity index (χ2v) is 5.75. The Bertz CT molecular complexity index is 263. The van der Waals surface area contributed by atoms with Gasteiger partial charge in [0.1, 0.15) is 0 Å². The number of unbranched alkanes of at least 4 members (excludes halogenated alkanes) is 2. The summed E-state index contributed by atoms with van der Waals surface area (Å²) in [6.45, 7) is 4.15. The van der Waals surface area contributed by atoms with Crippen molar-refractivity contribution in [1.82, 2.24) is 0 Å². The predicted molar refractivity (Wildman–Crippen MR) is 66.7 cm³/mol. The standard InChI is InChI=1S/C12H22O2S/c1-3-5-7-9-11-15(13,14)12-10-8-6-4-2/h7-10H,3-6,11-12H2,1-2H3. The van der Waals surface area contributed by atoms with Crippen LogP contribution in [0.4, 0.5) is 0 Å². The first-order valence-corrected chi connectivity index (χ1v) is 7.45. The maximum Gasteiger partial charge on any atom is 0.157 e. The quantitative estimate of drug-likeness (QED) is 0.600. The molecule has 0 aromatic heterocycles. The molecule has 0 saturated heterocycles. The normalized spacial score (nSPS) is 12.9. The Labute approximate surface area is 94.0 Å². The lowest BCUT2D eigenvalue weighted by Gasteiger charge is -1.95. The number of hydrogen-bond acceptors (Lipinski definition) is 2. The molecule has 0 aromatic rings. The minimum atomic E-state index is -2.92. The summed E-state index contributed by atoms with van der Waals surface area (Å²) >= 11 is 0. The molecule has 0 aliphatic heterocycles. The largest absolute Gasteiger partial charge is 0.228 e. The van der Waals surface area contributed by atoms with Crippen LogP contribution >= 0.6 is 0 Å². The summed E-state index contributed by atoms with van der Waals surface area (Å²) in [6, 6.07) is 0. The minimum absolute atomic E-state index is 0.170. The van der Waals surface area contributed by atoms with Crippen LogP contribution < -0.4 is 0 Å². The summed E-state index contributed by atoms with van der Waals surface area (Å²) < 4.78 is 22.9. The number of sulfone groups is 1. The Morgan fingerprint density at radius 1 is 0.800 bits per heavy atom. The molecule has 0 aliphatic rings. The molecule has 3 heteroatoms. The van der Waals surface area contributed by atoms with E-state index in [1.54, 1.807) is 12.2 Å². The fraction of sp³-hybridized carbons (Fsp3) is 0.667. The smallest absolute Gasteiger partial charge is 0.157 e. The van der Waals surface area contributed by atoms with Crippen LogP contribution in [0.2, 0.25) is 0 Å². The molecule has 0 heterocycles. The average molecular weight is 230 g/mol. The van der Waals surface area contributed by atoms with Gasteiger partial charge in [-0.2, -0.15) is 0 Å². The molecule has 0 unspecified atom stereocenters. The van der Waals surface area contributed by atoms with Crippen LogP contribution in [0, 0.1) is 0 Å². The van der Waals surface area contributed by atoms with Gasteiger partial charge in [-0.3, -0.25) is 0 Å². The Hall–Kier alpha value is -0.570. The van der Waals surface area contributed by atoms with Gasteiger partial charge in [-0.1, -0.05) is 51.0 Å². The highest BCUT2D eigenvalue weighted by Gasteiger charge is 2.04. The molecule has 0 amide bonds. The Kier molecular flexibility index (Phi) is 8.38. The minimum Gasteiger partial charge on any atom is -0.228 e. The van der Waals surface area contributed by atoms with E-state index in [1.807, 2.05) is 12.2 Å². The average Bonchev–Trinajstić information content (AvgIpc) is 2.20. The Morgan fingerprint density at radius 3 is 1.53 bits per heavy atom. The van der Waals surface area contributed by atoms with Gasteiger partial charge < -0.3 is 0 Å². The third-order valence-corrected chi connectivity index (χ3v) is 3.34. The molecule has 88 valence electrons. The number of rotatable bonds is 8. The van der Waals surface area contributed by atoms with Crippen molar-refractivity contribution in [1.29, 1.82) is 0 Å². The van der Waals surface area contributed by atoms with E-state index in [0.29, 0.717) is 0 Å². The van der Waals surface area contributed by atoms with Crippen LogP contribution in [0.15, 0.2) is 24.3 Å². The molecule has 2 nitrogen and oxygen atoms in total. The van der Waals surface area contributed by atoms with Crippen LogP contribution in [0.1, 0.15) is 39.5 Å². The summed E-state index contributed by atoms with van der Waals surface area (Å²) in [5.74, 6) is 0.340. The van der Waals surface area contributed by atoms with Gasteiger partial charge in [-0.25, -0.2) is 8.42 Å². The summed E-state index contributed by atoms with van der Waals surface area (Å²) in [6.07, 6.45) is 11.4. The third kappa shape index (κ3) is 9.73. The topological polar surface area (TPSA) is 34.1 Å². The van der Waals surface area contributed by atoms with Gasteiger partial charge in [0.15, 0.2) is 9.84 Å². The molecule has 15 heavy (non-hydrogen) atoms. The van der Waals surface area contributed by atoms with Crippen molar-refractivity contribution >= 4 is 9.84 Å². The highest BCUT2D eigenvalue weighted by Crippen LogP contribution is 1.96. The second-order valence-electron chi connectivity index (χ2n) is 3.60. The maximum absolute atomic E-state index is 11.5. The van der Waals surface area contributed by atoms with Gasteiger partial charge >= 0.3 is 0 Å². The fourth-order valence-electron chi connectivity index (χ4n) is 1.07. The van der Waals surface area contributed by atoms with E-state index >= 15 is 0 Å². The lowest BCUT2D eigenvalue weighted by Crippen LogP contribution is -2.07. The Balaban J connectivity index is 3.87. The number of hydrogen-bond donors (Lipinski definition) is 0. The van der Waals surface area contributed by atoms with E-state index in [1.165, 1.54) is 0 Å². The molecule has 0 bridgehead atoms. The molecule has 0 aromatic carbocycles. The van der Waals surface area contributed by atoms with E-state index in [-0.39, 0.29) is 11.5 Å². The zero-order chi connectivity index (χ0) is 11.6. The molecule has 0 rings (SSSR count). The first-order valence-electron chi connectivity index (χ1n) is 5.62. The molecule has 0 radical (unpaired) electrons. The van der Waals surface area contributed by atoms with E-state index < -0.39 is 9.84 Å². The van der Waals surface area contributed by atoms with Crippen LogP contribution in [-0.2, 0) is 9.84 Å². The van der Waals surface area contributed by atoms with Crippen LogP contribution in [0.25, 0.3) is 0 Å². The molecular formula is C12H22O2S. The van der Waals surface area contributed by atoms with Gasteiger partial charge in [-0.05, 0) is 12.8 Å². The van der Waals surface area contributed by atoms with Crippen molar-refractivity contribution in [3.8, 4) is 0 Å². The van der Waals surface area contributed by atoms with Crippen molar-refractivity contribution < 1.29 is 8.42 Å². The molecular weight excluding hydrogens is 208 g/mol. The van der Waals surface area contributed by atoms with Gasteiger partial charge in [0.25, 0.3) is 0 Å². The van der Waals surface area contributed by atoms with Crippen molar-refractivity contribution in [3.63, 3.8) is 0 Å². The summed E-state index contributed by atoms with van der Waals surface area (Å²) in [7, 11) is -2.92. The maximum atomic E-state index is 11.5. The third-order valence-electron chi connectivity index (χ3n) is 1.94. The summed E-state index contributed by atoms with van der Waals surface area (Å²) in [5, 5.41) is 0. The molecule has 0 spiro atoms. The monoisotopic (exact) mass is 230 g/mol. The lowest BCUT2D eigenvalue weighted by atomic mass is 10.3. The van der Waals surface area contributed by atoms with Gasteiger partial charge in [0.2, 0.25) is 0 Å². The zero-order valence-corrected chi connectivity index (χ0v) is 10.6. The van der Waals surface area contributed by atoms with Crippen LogP contribution in [0.3, 0.4) is 0 Å². The van der Waals surface area contributed by atoms with Crippen molar-refractivity contribution in [3.05, 3.63) is 24.3 Å². The van der Waals surface area contributed by atoms with Gasteiger partial charge in [0.05, 0.1) is 11.5 Å². The molecule has 0 aliphatic carbocycles. The molecule has 0 saturated carbocycles. The zero-order valence-electron chi connectivity index (χ0n) is 9.78. The number of allylic oxidation sites excluding steroid dienone is 2. The van der Waals surface area contributed by atoms with E-state index in [4.69, 9.17) is 0 Å². The summed E-state index contributed by atoms with van der Waals surface area (Å²) in [5.41, 5.74) is 0. The van der Waals surface area contributed by atoms with E-state index in [2.05, 4.69) is 13.8 Å². The second kappa shape index (κ2) is 8.72. The lowest BCUT2D eigenvalue weighted by molar-refractivity contribution is 0.601. The first-order chi connectivity index (χ1) is 7.12. The fourth-order valence-corrected chi connectivity index (χ4v) is 2.06. The van der Waals surface area contributed by atoms with Crippen LogP contribution in [0.5, 0.6) is 0 Å². The first kappa shape index (κ1) is 14.4. The highest BCUT2D eigenvalue weighted by molar-refractivity contribution is 7.91. The SMILES string of the molecule is CCCC=CCS(=O)(=O)CC=CCCC. The van der Waals surface area contributed by atoms with E-state index in [0.717, 1.165) is 25.7 Å².